The summed E-state index contributed by atoms with van der Waals surface area (Å²) in [5.74, 6) is 0.814. The minimum absolute atomic E-state index is 0.232. The first-order valence-electron chi connectivity index (χ1n) is 5.72. The molecule has 0 aromatic heterocycles. The van der Waals surface area contributed by atoms with Crippen molar-refractivity contribution in [2.24, 2.45) is 0 Å². The molecular weight excluding hydrogens is 216 g/mol. The first-order valence-corrected chi connectivity index (χ1v) is 5.72. The van der Waals surface area contributed by atoms with Crippen molar-refractivity contribution in [1.82, 2.24) is 0 Å². The molecule has 1 rings (SSSR count). The third-order valence-corrected chi connectivity index (χ3v) is 2.22. The molecular formula is C14H18O3. The third-order valence-electron chi connectivity index (χ3n) is 2.22. The predicted molar refractivity (Wildman–Crippen MR) is 68.2 cm³/mol. The molecule has 0 N–H and O–H groups in total. The third kappa shape index (κ3) is 3.94. The van der Waals surface area contributed by atoms with Crippen LogP contribution in [0.4, 0.5) is 0 Å². The van der Waals surface area contributed by atoms with E-state index in [1.165, 1.54) is 0 Å². The van der Waals surface area contributed by atoms with Gasteiger partial charge in [-0.3, -0.25) is 4.79 Å². The van der Waals surface area contributed by atoms with Gasteiger partial charge in [-0.1, -0.05) is 25.1 Å². The Bertz CT molecular complexity index is 408. The first-order chi connectivity index (χ1) is 8.21. The second kappa shape index (κ2) is 6.74. The van der Waals surface area contributed by atoms with E-state index in [1.807, 2.05) is 38.1 Å². The number of carbonyl (C=O) groups excluding carboxylic acids is 1. The number of hydrogen-bond donors (Lipinski definition) is 0. The molecule has 1 aromatic rings. The van der Waals surface area contributed by atoms with Crippen molar-refractivity contribution in [2.45, 2.75) is 26.7 Å². The molecule has 92 valence electrons. The Kier molecular flexibility index (Phi) is 5.27. The summed E-state index contributed by atoms with van der Waals surface area (Å²) >= 11 is 0. The predicted octanol–water partition coefficient (Wildman–Crippen LogP) is 3.43. The lowest BCUT2D eigenvalue weighted by Gasteiger charge is -2.09. The summed E-state index contributed by atoms with van der Waals surface area (Å²) in [4.78, 5) is 11.4. The van der Waals surface area contributed by atoms with Crippen LogP contribution < -0.4 is 9.47 Å². The van der Waals surface area contributed by atoms with Gasteiger partial charge in [0.15, 0.2) is 11.5 Å². The van der Waals surface area contributed by atoms with Crippen LogP contribution in [0.5, 0.6) is 11.5 Å². The summed E-state index contributed by atoms with van der Waals surface area (Å²) in [6.07, 6.45) is 5.09. The zero-order chi connectivity index (χ0) is 12.7. The van der Waals surface area contributed by atoms with E-state index in [0.29, 0.717) is 17.9 Å². The molecule has 0 atom stereocenters. The van der Waals surface area contributed by atoms with E-state index in [2.05, 4.69) is 0 Å². The summed E-state index contributed by atoms with van der Waals surface area (Å²) < 4.78 is 10.4. The van der Waals surface area contributed by atoms with E-state index in [1.54, 1.807) is 13.2 Å². The van der Waals surface area contributed by atoms with Gasteiger partial charge in [-0.25, -0.2) is 0 Å². The molecule has 0 fully saturated rings. The number of esters is 1. The maximum Gasteiger partial charge on any atom is 0.311 e. The first kappa shape index (κ1) is 13.3. The van der Waals surface area contributed by atoms with Crippen LogP contribution in [-0.2, 0) is 4.79 Å². The molecule has 0 spiro atoms. The molecule has 1 aromatic carbocycles. The fraction of sp³-hybridized carbons (Fsp3) is 0.357. The van der Waals surface area contributed by atoms with Crippen LogP contribution in [0.1, 0.15) is 32.3 Å². The molecule has 17 heavy (non-hydrogen) atoms. The Morgan fingerprint density at radius 1 is 1.35 bits per heavy atom. The van der Waals surface area contributed by atoms with Crippen LogP contribution in [-0.4, -0.2) is 13.1 Å². The Balaban J connectivity index is 2.88. The van der Waals surface area contributed by atoms with Gasteiger partial charge in [0.2, 0.25) is 0 Å². The molecule has 0 aliphatic rings. The number of allylic oxidation sites excluding steroid dienone is 1. The maximum atomic E-state index is 11.4. The summed E-state index contributed by atoms with van der Waals surface area (Å²) in [5, 5.41) is 0. The highest BCUT2D eigenvalue weighted by Gasteiger charge is 2.09. The van der Waals surface area contributed by atoms with Crippen LogP contribution in [0.25, 0.3) is 6.08 Å². The summed E-state index contributed by atoms with van der Waals surface area (Å²) in [7, 11) is 1.56. The second-order valence-electron chi connectivity index (χ2n) is 3.63. The van der Waals surface area contributed by atoms with E-state index >= 15 is 0 Å². The zero-order valence-corrected chi connectivity index (χ0v) is 10.5. The van der Waals surface area contributed by atoms with Gasteiger partial charge in [0, 0.05) is 6.42 Å². The monoisotopic (exact) mass is 234 g/mol. The summed E-state index contributed by atoms with van der Waals surface area (Å²) in [6, 6.07) is 5.48. The molecule has 0 aliphatic carbocycles. The molecule has 0 saturated carbocycles. The fourth-order valence-corrected chi connectivity index (χ4v) is 1.44. The van der Waals surface area contributed by atoms with Crippen molar-refractivity contribution in [1.29, 1.82) is 0 Å². The number of methoxy groups -OCH3 is 1. The number of benzene rings is 1. The molecule has 0 amide bonds. The Labute approximate surface area is 102 Å². The van der Waals surface area contributed by atoms with Gasteiger partial charge >= 0.3 is 5.97 Å². The average molecular weight is 234 g/mol. The minimum atomic E-state index is -0.232. The molecule has 3 nitrogen and oxygen atoms in total. The molecule has 0 heterocycles. The lowest BCUT2D eigenvalue weighted by atomic mass is 10.2. The van der Waals surface area contributed by atoms with Crippen molar-refractivity contribution in [3.63, 3.8) is 0 Å². The van der Waals surface area contributed by atoms with Gasteiger partial charge in [0.1, 0.15) is 0 Å². The Hall–Kier alpha value is -1.77. The van der Waals surface area contributed by atoms with E-state index in [-0.39, 0.29) is 5.97 Å². The minimum Gasteiger partial charge on any atom is -0.493 e. The molecule has 0 aliphatic heterocycles. The van der Waals surface area contributed by atoms with Gasteiger partial charge in [-0.15, -0.1) is 0 Å². The number of rotatable bonds is 5. The van der Waals surface area contributed by atoms with Gasteiger partial charge in [0.25, 0.3) is 0 Å². The van der Waals surface area contributed by atoms with Crippen molar-refractivity contribution < 1.29 is 14.3 Å². The SMILES string of the molecule is CC=Cc1ccc(OC(=O)CCC)c(OC)c1. The van der Waals surface area contributed by atoms with Crippen molar-refractivity contribution in [3.8, 4) is 11.5 Å². The van der Waals surface area contributed by atoms with Crippen molar-refractivity contribution in [3.05, 3.63) is 29.8 Å². The zero-order valence-electron chi connectivity index (χ0n) is 10.5. The smallest absolute Gasteiger partial charge is 0.311 e. The molecule has 0 bridgehead atoms. The topological polar surface area (TPSA) is 35.5 Å². The number of carbonyl (C=O) groups is 1. The summed E-state index contributed by atoms with van der Waals surface area (Å²) in [5.41, 5.74) is 1.01. The average Bonchev–Trinajstić information content (AvgIpc) is 2.31. The molecule has 3 heteroatoms. The van der Waals surface area contributed by atoms with Gasteiger partial charge in [-0.05, 0) is 31.0 Å². The highest BCUT2D eigenvalue weighted by atomic mass is 16.6. The van der Waals surface area contributed by atoms with E-state index in [4.69, 9.17) is 9.47 Å². The Morgan fingerprint density at radius 3 is 2.71 bits per heavy atom. The van der Waals surface area contributed by atoms with Crippen LogP contribution in [0.3, 0.4) is 0 Å². The van der Waals surface area contributed by atoms with E-state index in [9.17, 15) is 4.79 Å². The molecule has 0 unspecified atom stereocenters. The number of hydrogen-bond acceptors (Lipinski definition) is 3. The van der Waals surface area contributed by atoms with Crippen molar-refractivity contribution in [2.75, 3.05) is 7.11 Å². The van der Waals surface area contributed by atoms with Crippen LogP contribution in [0, 0.1) is 0 Å². The maximum absolute atomic E-state index is 11.4. The van der Waals surface area contributed by atoms with Crippen LogP contribution >= 0.6 is 0 Å². The Morgan fingerprint density at radius 2 is 2.12 bits per heavy atom. The van der Waals surface area contributed by atoms with Gasteiger partial charge in [0.05, 0.1) is 7.11 Å². The van der Waals surface area contributed by atoms with E-state index < -0.39 is 0 Å². The quantitative estimate of drug-likeness (QED) is 0.578. The normalized spacial score (nSPS) is 10.5. The summed E-state index contributed by atoms with van der Waals surface area (Å²) in [6.45, 7) is 3.88. The lowest BCUT2D eigenvalue weighted by molar-refractivity contribution is -0.134. The van der Waals surface area contributed by atoms with Crippen LogP contribution in [0.2, 0.25) is 0 Å². The molecule has 0 saturated heterocycles. The second-order valence-corrected chi connectivity index (χ2v) is 3.63. The van der Waals surface area contributed by atoms with Gasteiger partial charge in [-0.2, -0.15) is 0 Å². The highest BCUT2D eigenvalue weighted by molar-refractivity contribution is 5.73. The molecule has 0 radical (unpaired) electrons. The van der Waals surface area contributed by atoms with Crippen molar-refractivity contribution >= 4 is 12.0 Å². The standard InChI is InChI=1S/C14H18O3/c1-4-6-11-8-9-12(13(10-11)16-3)17-14(15)7-5-2/h4,6,8-10H,5,7H2,1-3H3. The largest absolute Gasteiger partial charge is 0.493 e. The highest BCUT2D eigenvalue weighted by Crippen LogP contribution is 2.28. The van der Waals surface area contributed by atoms with Gasteiger partial charge < -0.3 is 9.47 Å². The fourth-order valence-electron chi connectivity index (χ4n) is 1.44. The van der Waals surface area contributed by atoms with Crippen LogP contribution in [0.15, 0.2) is 24.3 Å². The lowest BCUT2D eigenvalue weighted by Crippen LogP contribution is -2.07. The van der Waals surface area contributed by atoms with E-state index in [0.717, 1.165) is 12.0 Å². The number of ether oxygens (including phenoxy) is 2.